The molecule has 1 heterocycles. The van der Waals surface area contributed by atoms with Crippen LogP contribution in [0, 0.1) is 10.1 Å². The number of nitrogens with zero attached hydrogens (tertiary/aromatic N) is 2. The highest BCUT2D eigenvalue weighted by Gasteiger charge is 2.30. The fourth-order valence-electron chi connectivity index (χ4n) is 2.42. The van der Waals surface area contributed by atoms with Crippen LogP contribution in [0.3, 0.4) is 0 Å². The summed E-state index contributed by atoms with van der Waals surface area (Å²) in [5.41, 5.74) is 0.150. The Morgan fingerprint density at radius 1 is 1.60 bits per heavy atom. The molecule has 1 aromatic rings. The number of nitro benzene ring substituents is 1. The summed E-state index contributed by atoms with van der Waals surface area (Å²) in [6.07, 6.45) is 1.60. The maximum atomic E-state index is 12.4. The molecule has 0 spiro atoms. The zero-order valence-corrected chi connectivity index (χ0v) is 11.1. The molecule has 2 rings (SSSR count). The topological polar surface area (TPSA) is 92.9 Å². The van der Waals surface area contributed by atoms with Crippen molar-refractivity contribution in [1.29, 1.82) is 0 Å². The summed E-state index contributed by atoms with van der Waals surface area (Å²) in [6.45, 7) is 0.491. The van der Waals surface area contributed by atoms with Crippen LogP contribution in [0.4, 0.5) is 5.69 Å². The Labute approximate surface area is 115 Å². The van der Waals surface area contributed by atoms with Gasteiger partial charge >= 0.3 is 0 Å². The van der Waals surface area contributed by atoms with Gasteiger partial charge in [0.25, 0.3) is 11.6 Å². The average molecular weight is 280 g/mol. The lowest BCUT2D eigenvalue weighted by molar-refractivity contribution is -0.384. The molecule has 1 aliphatic rings. The van der Waals surface area contributed by atoms with E-state index in [0.29, 0.717) is 6.54 Å². The van der Waals surface area contributed by atoms with Crippen molar-refractivity contribution in [2.75, 3.05) is 20.3 Å². The van der Waals surface area contributed by atoms with Gasteiger partial charge in [0.1, 0.15) is 5.75 Å². The van der Waals surface area contributed by atoms with Gasteiger partial charge in [-0.15, -0.1) is 0 Å². The van der Waals surface area contributed by atoms with Gasteiger partial charge in [-0.25, -0.2) is 0 Å². The molecule has 7 heteroatoms. The third-order valence-electron chi connectivity index (χ3n) is 3.48. The highest BCUT2D eigenvalue weighted by molar-refractivity contribution is 5.97. The van der Waals surface area contributed by atoms with Gasteiger partial charge in [-0.2, -0.15) is 0 Å². The van der Waals surface area contributed by atoms with Crippen LogP contribution in [0.5, 0.6) is 5.75 Å². The maximum absolute atomic E-state index is 12.4. The van der Waals surface area contributed by atoms with Crippen LogP contribution in [0.1, 0.15) is 23.2 Å². The number of rotatable bonds is 4. The van der Waals surface area contributed by atoms with E-state index in [1.807, 2.05) is 0 Å². The normalized spacial score (nSPS) is 18.1. The van der Waals surface area contributed by atoms with Gasteiger partial charge < -0.3 is 14.7 Å². The summed E-state index contributed by atoms with van der Waals surface area (Å²) in [5, 5.41) is 20.0. The number of aliphatic hydroxyl groups excluding tert-OH is 1. The van der Waals surface area contributed by atoms with Crippen molar-refractivity contribution >= 4 is 11.6 Å². The second-order valence-corrected chi connectivity index (χ2v) is 4.62. The molecular formula is C13H16N2O5. The average Bonchev–Trinajstić information content (AvgIpc) is 2.94. The molecule has 1 fully saturated rings. The summed E-state index contributed by atoms with van der Waals surface area (Å²) in [7, 11) is 1.36. The molecule has 108 valence electrons. The van der Waals surface area contributed by atoms with Gasteiger partial charge in [-0.3, -0.25) is 14.9 Å². The van der Waals surface area contributed by atoms with Crippen LogP contribution >= 0.6 is 0 Å². The SMILES string of the molecule is COc1cc([N+](=O)[O-])ccc1C(=O)N1CCC[C@@H]1CO. The largest absolute Gasteiger partial charge is 0.496 e. The molecule has 1 aromatic carbocycles. The Morgan fingerprint density at radius 3 is 2.95 bits per heavy atom. The van der Waals surface area contributed by atoms with E-state index >= 15 is 0 Å². The first kappa shape index (κ1) is 14.3. The number of non-ortho nitro benzene ring substituents is 1. The lowest BCUT2D eigenvalue weighted by Crippen LogP contribution is -2.37. The monoisotopic (exact) mass is 280 g/mol. The predicted molar refractivity (Wildman–Crippen MR) is 70.8 cm³/mol. The molecule has 1 aliphatic heterocycles. The number of nitro groups is 1. The second kappa shape index (κ2) is 5.87. The number of carbonyl (C=O) groups is 1. The van der Waals surface area contributed by atoms with E-state index in [1.165, 1.54) is 25.3 Å². The zero-order valence-electron chi connectivity index (χ0n) is 11.1. The number of methoxy groups -OCH3 is 1. The van der Waals surface area contributed by atoms with Crippen LogP contribution < -0.4 is 4.74 Å². The number of benzene rings is 1. The Balaban J connectivity index is 2.32. The van der Waals surface area contributed by atoms with Gasteiger partial charge in [0, 0.05) is 12.6 Å². The fourth-order valence-corrected chi connectivity index (χ4v) is 2.42. The quantitative estimate of drug-likeness (QED) is 0.660. The van der Waals surface area contributed by atoms with E-state index in [4.69, 9.17) is 4.74 Å². The molecule has 1 N–H and O–H groups in total. The van der Waals surface area contributed by atoms with Crippen molar-refractivity contribution < 1.29 is 19.6 Å². The van der Waals surface area contributed by atoms with E-state index < -0.39 is 4.92 Å². The first-order valence-corrected chi connectivity index (χ1v) is 6.32. The number of hydrogen-bond donors (Lipinski definition) is 1. The van der Waals surface area contributed by atoms with E-state index in [9.17, 15) is 20.0 Å². The first-order valence-electron chi connectivity index (χ1n) is 6.32. The Hall–Kier alpha value is -2.15. The van der Waals surface area contributed by atoms with Crippen molar-refractivity contribution in [1.82, 2.24) is 4.90 Å². The molecular weight excluding hydrogens is 264 g/mol. The molecule has 0 saturated carbocycles. The lowest BCUT2D eigenvalue weighted by Gasteiger charge is -2.23. The molecule has 0 aromatic heterocycles. The van der Waals surface area contributed by atoms with Crippen molar-refractivity contribution in [2.45, 2.75) is 18.9 Å². The summed E-state index contributed by atoms with van der Waals surface area (Å²) in [4.78, 5) is 24.2. The predicted octanol–water partition coefficient (Wildman–Crippen LogP) is 1.20. The minimum absolute atomic E-state index is 0.0823. The number of likely N-dealkylation sites (tertiary alicyclic amines) is 1. The standard InChI is InChI=1S/C13H16N2O5/c1-20-12-7-9(15(18)19)4-5-11(12)13(17)14-6-2-3-10(14)8-16/h4-5,7,10,16H,2-3,6,8H2,1H3/t10-/m1/s1. The van der Waals surface area contributed by atoms with Crippen molar-refractivity contribution in [2.24, 2.45) is 0 Å². The van der Waals surface area contributed by atoms with Gasteiger partial charge in [0.2, 0.25) is 0 Å². The highest BCUT2D eigenvalue weighted by atomic mass is 16.6. The van der Waals surface area contributed by atoms with Gasteiger partial charge in [-0.05, 0) is 18.9 Å². The molecule has 0 aliphatic carbocycles. The van der Waals surface area contributed by atoms with E-state index in [0.717, 1.165) is 12.8 Å². The first-order chi connectivity index (χ1) is 9.58. The third kappa shape index (κ3) is 2.57. The van der Waals surface area contributed by atoms with Crippen molar-refractivity contribution in [3.05, 3.63) is 33.9 Å². The third-order valence-corrected chi connectivity index (χ3v) is 3.48. The molecule has 7 nitrogen and oxygen atoms in total. The number of amides is 1. The molecule has 20 heavy (non-hydrogen) atoms. The summed E-state index contributed by atoms with van der Waals surface area (Å²) >= 11 is 0. The van der Waals surface area contributed by atoms with Gasteiger partial charge in [-0.1, -0.05) is 0 Å². The molecule has 0 radical (unpaired) electrons. The summed E-state index contributed by atoms with van der Waals surface area (Å²) in [6, 6.07) is 3.71. The molecule has 1 saturated heterocycles. The lowest BCUT2D eigenvalue weighted by atomic mass is 10.1. The summed E-state index contributed by atoms with van der Waals surface area (Å²) < 4.78 is 5.07. The Bertz CT molecular complexity index is 531. The number of aliphatic hydroxyl groups is 1. The number of hydrogen-bond acceptors (Lipinski definition) is 5. The minimum Gasteiger partial charge on any atom is -0.496 e. The molecule has 0 unspecified atom stereocenters. The Morgan fingerprint density at radius 2 is 2.35 bits per heavy atom. The molecule has 1 amide bonds. The van der Waals surface area contributed by atoms with Crippen LogP contribution in [0.15, 0.2) is 18.2 Å². The Kier molecular flexibility index (Phi) is 4.19. The van der Waals surface area contributed by atoms with Crippen molar-refractivity contribution in [3.63, 3.8) is 0 Å². The van der Waals surface area contributed by atoms with Crippen LogP contribution in [-0.2, 0) is 0 Å². The van der Waals surface area contributed by atoms with Gasteiger partial charge in [0.15, 0.2) is 0 Å². The fraction of sp³-hybridized carbons (Fsp3) is 0.462. The second-order valence-electron chi connectivity index (χ2n) is 4.62. The van der Waals surface area contributed by atoms with E-state index in [-0.39, 0.29) is 35.6 Å². The minimum atomic E-state index is -0.539. The van der Waals surface area contributed by atoms with Crippen LogP contribution in [0.2, 0.25) is 0 Å². The van der Waals surface area contributed by atoms with Gasteiger partial charge in [0.05, 0.1) is 36.3 Å². The summed E-state index contributed by atoms with van der Waals surface area (Å²) in [5.74, 6) is -0.0962. The number of ether oxygens (including phenoxy) is 1. The number of carbonyl (C=O) groups excluding carboxylic acids is 1. The van der Waals surface area contributed by atoms with Crippen molar-refractivity contribution in [3.8, 4) is 5.75 Å². The molecule has 1 atom stereocenters. The van der Waals surface area contributed by atoms with Crippen LogP contribution in [0.25, 0.3) is 0 Å². The highest BCUT2D eigenvalue weighted by Crippen LogP contribution is 2.28. The maximum Gasteiger partial charge on any atom is 0.273 e. The zero-order chi connectivity index (χ0) is 14.7. The molecule has 0 bridgehead atoms. The van der Waals surface area contributed by atoms with E-state index in [1.54, 1.807) is 4.90 Å². The van der Waals surface area contributed by atoms with E-state index in [2.05, 4.69) is 0 Å². The smallest absolute Gasteiger partial charge is 0.273 e. The van der Waals surface area contributed by atoms with Crippen LogP contribution in [-0.4, -0.2) is 47.1 Å².